The van der Waals surface area contributed by atoms with Crippen molar-refractivity contribution in [1.82, 2.24) is 0 Å². The molecule has 17 atom stereocenters. The van der Waals surface area contributed by atoms with Gasteiger partial charge in [0.1, 0.15) is 17.4 Å². The second kappa shape index (κ2) is 15.8. The SMILES string of the molecule is NC1CC2C(CC(OS(=O)O)C(N=NC3CCC(N=NC4CCC5C(CCCC5S(=O)(=O)O)C4)C4CCC(S(=O)(=O)O)CC34)C2O)CC1S(=O)(=O)O. The second-order valence-corrected chi connectivity index (χ2v) is 21.6. The molecule has 0 radical (unpaired) electrons. The lowest BCUT2D eigenvalue weighted by molar-refractivity contribution is -0.0580. The van der Waals surface area contributed by atoms with Gasteiger partial charge in [0.25, 0.3) is 30.4 Å². The summed E-state index contributed by atoms with van der Waals surface area (Å²) in [6, 6.07) is -2.94. The van der Waals surface area contributed by atoms with Crippen LogP contribution < -0.4 is 5.73 Å². The lowest BCUT2D eigenvalue weighted by Crippen LogP contribution is -2.58. The maximum Gasteiger partial charge on any atom is 0.302 e. The summed E-state index contributed by atoms with van der Waals surface area (Å²) in [5.41, 5.74) is 6.10. The molecule has 0 aromatic rings. The molecule has 0 bridgehead atoms. The highest BCUT2D eigenvalue weighted by Crippen LogP contribution is 2.48. The summed E-state index contributed by atoms with van der Waals surface area (Å²) in [6.45, 7) is 0. The molecule has 18 nitrogen and oxygen atoms in total. The molecule has 17 unspecified atom stereocenters. The summed E-state index contributed by atoms with van der Waals surface area (Å²) in [7, 11) is -13.0. The Labute approximate surface area is 307 Å². The molecule has 298 valence electrons. The molecule has 6 rings (SSSR count). The molecule has 0 amide bonds. The van der Waals surface area contributed by atoms with E-state index in [1.165, 1.54) is 0 Å². The highest BCUT2D eigenvalue weighted by atomic mass is 32.2. The minimum absolute atomic E-state index is 0.0532. The fourth-order valence-corrected chi connectivity index (χ4v) is 14.3. The molecule has 22 heteroatoms. The first-order valence-corrected chi connectivity index (χ1v) is 23.8. The van der Waals surface area contributed by atoms with E-state index in [1.54, 1.807) is 0 Å². The van der Waals surface area contributed by atoms with E-state index in [0.29, 0.717) is 44.9 Å². The summed E-state index contributed by atoms with van der Waals surface area (Å²) in [5.74, 6) is -1.53. The van der Waals surface area contributed by atoms with Crippen molar-refractivity contribution in [2.45, 2.75) is 148 Å². The van der Waals surface area contributed by atoms with E-state index < -0.39 is 99.6 Å². The molecule has 6 aliphatic carbocycles. The molecule has 7 N–H and O–H groups in total. The summed E-state index contributed by atoms with van der Waals surface area (Å²) < 4.78 is 128. The molecular formula is C30H51N5O13S4. The van der Waals surface area contributed by atoms with Crippen molar-refractivity contribution < 1.29 is 57.0 Å². The van der Waals surface area contributed by atoms with E-state index in [9.17, 15) is 52.8 Å². The number of nitrogens with zero attached hydrogens (tertiary/aromatic N) is 4. The Morgan fingerprint density at radius 2 is 1.27 bits per heavy atom. The first-order chi connectivity index (χ1) is 24.3. The number of azo groups is 2. The Hall–Kier alpha value is -1.08. The van der Waals surface area contributed by atoms with Crippen LogP contribution in [0, 0.1) is 35.5 Å². The monoisotopic (exact) mass is 817 g/mol. The van der Waals surface area contributed by atoms with Crippen LogP contribution in [0.4, 0.5) is 0 Å². The Kier molecular flexibility index (Phi) is 12.3. The average Bonchev–Trinajstić information content (AvgIpc) is 3.05. The predicted molar refractivity (Wildman–Crippen MR) is 186 cm³/mol. The van der Waals surface area contributed by atoms with Crippen LogP contribution in [-0.2, 0) is 45.9 Å². The number of aliphatic hydroxyl groups excluding tert-OH is 1. The van der Waals surface area contributed by atoms with Gasteiger partial charge in [-0.15, -0.1) is 0 Å². The number of hydrogen-bond acceptors (Lipinski definition) is 14. The van der Waals surface area contributed by atoms with E-state index in [0.717, 1.165) is 12.8 Å². The molecule has 0 saturated heterocycles. The Balaban J connectivity index is 1.18. The van der Waals surface area contributed by atoms with Gasteiger partial charge in [0.15, 0.2) is 0 Å². The molecule has 0 aromatic carbocycles. The van der Waals surface area contributed by atoms with Gasteiger partial charge in [-0.1, -0.05) is 12.8 Å². The van der Waals surface area contributed by atoms with Crippen LogP contribution in [0.25, 0.3) is 0 Å². The zero-order valence-corrected chi connectivity index (χ0v) is 31.9. The van der Waals surface area contributed by atoms with E-state index in [1.807, 2.05) is 0 Å². The van der Waals surface area contributed by atoms with Gasteiger partial charge in [0.05, 0.1) is 34.7 Å². The summed E-state index contributed by atoms with van der Waals surface area (Å²) in [6.07, 6.45) is 3.42. The van der Waals surface area contributed by atoms with Crippen LogP contribution in [-0.4, -0.2) is 111 Å². The Bertz CT molecular complexity index is 1720. The average molecular weight is 818 g/mol. The van der Waals surface area contributed by atoms with Crippen LogP contribution >= 0.6 is 0 Å². The van der Waals surface area contributed by atoms with Crippen LogP contribution in [0.5, 0.6) is 0 Å². The highest BCUT2D eigenvalue weighted by molar-refractivity contribution is 7.87. The normalized spacial score (nSPS) is 45.6. The van der Waals surface area contributed by atoms with Gasteiger partial charge < -0.3 is 10.8 Å². The van der Waals surface area contributed by atoms with E-state index in [-0.39, 0.29) is 67.9 Å². The number of hydrogen-bond donors (Lipinski definition) is 6. The largest absolute Gasteiger partial charge is 0.390 e. The van der Waals surface area contributed by atoms with Gasteiger partial charge in [-0.05, 0) is 113 Å². The Morgan fingerprint density at radius 3 is 1.92 bits per heavy atom. The maximum atomic E-state index is 12.3. The highest BCUT2D eigenvalue weighted by Gasteiger charge is 2.53. The van der Waals surface area contributed by atoms with Crippen molar-refractivity contribution in [1.29, 1.82) is 0 Å². The molecule has 0 heterocycles. The first kappa shape index (κ1) is 40.6. The predicted octanol–water partition coefficient (Wildman–Crippen LogP) is 2.58. The van der Waals surface area contributed by atoms with Crippen molar-refractivity contribution in [3.8, 4) is 0 Å². The minimum Gasteiger partial charge on any atom is -0.390 e. The molecule has 52 heavy (non-hydrogen) atoms. The van der Waals surface area contributed by atoms with Crippen LogP contribution in [0.2, 0.25) is 0 Å². The fraction of sp³-hybridized carbons (Fsp3) is 1.00. The minimum atomic E-state index is -4.48. The van der Waals surface area contributed by atoms with Crippen LogP contribution in [0.1, 0.15) is 89.9 Å². The van der Waals surface area contributed by atoms with Gasteiger partial charge in [-0.2, -0.15) is 49.9 Å². The lowest BCUT2D eigenvalue weighted by atomic mass is 9.65. The summed E-state index contributed by atoms with van der Waals surface area (Å²) >= 11 is -2.75. The first-order valence-electron chi connectivity index (χ1n) is 18.2. The smallest absolute Gasteiger partial charge is 0.302 e. The van der Waals surface area contributed by atoms with Crippen LogP contribution in [0.15, 0.2) is 20.5 Å². The molecule has 6 saturated carbocycles. The summed E-state index contributed by atoms with van der Waals surface area (Å²) in [5, 5.41) is 27.0. The van der Waals surface area contributed by atoms with Crippen molar-refractivity contribution in [3.63, 3.8) is 0 Å². The Morgan fingerprint density at radius 1 is 0.615 bits per heavy atom. The van der Waals surface area contributed by atoms with Gasteiger partial charge in [0.2, 0.25) is 0 Å². The number of fused-ring (bicyclic) bond motifs is 3. The van der Waals surface area contributed by atoms with Crippen molar-refractivity contribution in [3.05, 3.63) is 0 Å². The van der Waals surface area contributed by atoms with E-state index >= 15 is 0 Å². The second-order valence-electron chi connectivity index (χ2n) is 16.0. The van der Waals surface area contributed by atoms with Crippen molar-refractivity contribution in [2.75, 3.05) is 0 Å². The number of nitrogens with two attached hydrogens (primary N) is 1. The van der Waals surface area contributed by atoms with Crippen LogP contribution in [0.3, 0.4) is 0 Å². The molecule has 0 aromatic heterocycles. The van der Waals surface area contributed by atoms with Crippen molar-refractivity contribution >= 4 is 41.7 Å². The molecule has 0 spiro atoms. The molecule has 6 fully saturated rings. The topological polar surface area (TPSA) is 305 Å². The number of rotatable bonds is 9. The van der Waals surface area contributed by atoms with E-state index in [2.05, 4.69) is 10.2 Å². The quantitative estimate of drug-likeness (QED) is 0.111. The zero-order chi connectivity index (χ0) is 37.7. The fourth-order valence-electron chi connectivity index (χ4n) is 10.7. The standard InChI is InChI=1S/C30H51N5O13S4/c31-23-14-21-16(12-28(23)52(45,46)47)11-26(48-49(37)38)29(30(21)36)35-34-25-9-8-24(20-7-5-18(13-22(20)25)50(39,40)41)33-32-17-4-6-19-15(10-17)2-1-3-27(19)51(42,43)44/h15-30,36H,1-14,31H2,(H,37,38)(H,39,40,41)(H,42,43,44)(H,45,46,47). The lowest BCUT2D eigenvalue weighted by Gasteiger charge is -2.48. The third-order valence-corrected chi connectivity index (χ3v) is 17.5. The van der Waals surface area contributed by atoms with Crippen molar-refractivity contribution in [2.24, 2.45) is 61.7 Å². The maximum absolute atomic E-state index is 12.3. The number of aliphatic hydroxyl groups is 1. The zero-order valence-electron chi connectivity index (χ0n) is 28.6. The third kappa shape index (κ3) is 8.97. The van der Waals surface area contributed by atoms with Gasteiger partial charge >= 0.3 is 11.4 Å². The molecule has 0 aliphatic heterocycles. The third-order valence-electron chi connectivity index (χ3n) is 13.2. The van der Waals surface area contributed by atoms with E-state index in [4.69, 9.17) is 20.1 Å². The molecular weight excluding hydrogens is 767 g/mol. The van der Waals surface area contributed by atoms with Gasteiger partial charge in [-0.25, -0.2) is 0 Å². The van der Waals surface area contributed by atoms with Gasteiger partial charge in [0, 0.05) is 6.04 Å². The van der Waals surface area contributed by atoms with Gasteiger partial charge in [-0.3, -0.25) is 22.4 Å². The molecule has 6 aliphatic rings. The summed E-state index contributed by atoms with van der Waals surface area (Å²) in [4.78, 5) is 0.